The summed E-state index contributed by atoms with van der Waals surface area (Å²) in [7, 11) is -3.42. The van der Waals surface area contributed by atoms with Gasteiger partial charge >= 0.3 is 7.60 Å². The minimum atomic E-state index is -3.42. The first-order chi connectivity index (χ1) is 10.4. The molecule has 6 nitrogen and oxygen atoms in total. The van der Waals surface area contributed by atoms with E-state index in [1.807, 2.05) is 13.8 Å². The third-order valence-corrected chi connectivity index (χ3v) is 5.18. The molecule has 0 aliphatic carbocycles. The van der Waals surface area contributed by atoms with Crippen molar-refractivity contribution in [2.45, 2.75) is 66.0 Å². The summed E-state index contributed by atoms with van der Waals surface area (Å²) >= 11 is 0. The predicted octanol–water partition coefficient (Wildman–Crippen LogP) is 4.18. The van der Waals surface area contributed by atoms with Crippen molar-refractivity contribution >= 4 is 19.4 Å². The highest BCUT2D eigenvalue weighted by Crippen LogP contribution is 2.54. The summed E-state index contributed by atoms with van der Waals surface area (Å²) in [4.78, 5) is 15.1. The van der Waals surface area contributed by atoms with E-state index < -0.39 is 19.2 Å². The Bertz CT molecular complexity index is 383. The van der Waals surface area contributed by atoms with Gasteiger partial charge in [0, 0.05) is 6.92 Å². The molecular weight excluding hydrogens is 305 g/mol. The van der Waals surface area contributed by atoms with Crippen molar-refractivity contribution < 1.29 is 23.1 Å². The van der Waals surface area contributed by atoms with Gasteiger partial charge in [-0.05, 0) is 26.7 Å². The molecule has 1 amide bonds. The van der Waals surface area contributed by atoms with Crippen LogP contribution in [-0.4, -0.2) is 37.3 Å². The summed E-state index contributed by atoms with van der Waals surface area (Å²) in [5.41, 5.74) is -0.704. The van der Waals surface area contributed by atoms with E-state index in [1.165, 1.54) is 6.92 Å². The first-order valence-electron chi connectivity index (χ1n) is 8.01. The van der Waals surface area contributed by atoms with Crippen LogP contribution in [0.4, 0.5) is 0 Å². The average Bonchev–Trinajstić information content (AvgIpc) is 2.46. The lowest BCUT2D eigenvalue weighted by atomic mass is 10.4. The molecule has 0 heterocycles. The maximum absolute atomic E-state index is 13.0. The van der Waals surface area contributed by atoms with Crippen LogP contribution in [-0.2, 0) is 23.1 Å². The Morgan fingerprint density at radius 3 is 1.95 bits per heavy atom. The van der Waals surface area contributed by atoms with Gasteiger partial charge in [-0.15, -0.1) is 0 Å². The highest BCUT2D eigenvalue weighted by atomic mass is 31.2. The molecule has 1 atom stereocenters. The zero-order valence-corrected chi connectivity index (χ0v) is 15.4. The standard InChI is InChI=1S/C15H30NO5P/c1-6-9-11-20-22(18,21-12-10-7-2)13(4)15(19-8-3)16-14(5)17/h13H,6-12H2,1-5H3. The van der Waals surface area contributed by atoms with E-state index in [1.54, 1.807) is 13.8 Å². The van der Waals surface area contributed by atoms with Crippen LogP contribution >= 0.6 is 7.60 Å². The van der Waals surface area contributed by atoms with Crippen LogP contribution in [0.2, 0.25) is 0 Å². The summed E-state index contributed by atoms with van der Waals surface area (Å²) in [6.45, 7) is 9.86. The van der Waals surface area contributed by atoms with Crippen LogP contribution in [0.15, 0.2) is 4.99 Å². The quantitative estimate of drug-likeness (QED) is 0.245. The van der Waals surface area contributed by atoms with E-state index in [2.05, 4.69) is 4.99 Å². The maximum Gasteiger partial charge on any atom is 0.342 e. The Morgan fingerprint density at radius 2 is 1.59 bits per heavy atom. The Hall–Kier alpha value is -0.710. The zero-order valence-electron chi connectivity index (χ0n) is 14.5. The van der Waals surface area contributed by atoms with Crippen LogP contribution in [0.3, 0.4) is 0 Å². The van der Waals surface area contributed by atoms with Crippen molar-refractivity contribution in [1.29, 1.82) is 0 Å². The smallest absolute Gasteiger partial charge is 0.342 e. The molecule has 0 saturated carbocycles. The number of hydrogen-bond donors (Lipinski definition) is 0. The van der Waals surface area contributed by atoms with Gasteiger partial charge in [0.15, 0.2) is 0 Å². The zero-order chi connectivity index (χ0) is 17.0. The SMILES string of the molecule is CCCCOP(=O)(OCCCC)C(C)C(=NC(C)=O)OCC. The molecule has 0 fully saturated rings. The van der Waals surface area contributed by atoms with Crippen LogP contribution in [0, 0.1) is 0 Å². The number of amides is 1. The second-order valence-electron chi connectivity index (χ2n) is 4.99. The van der Waals surface area contributed by atoms with E-state index in [0.29, 0.717) is 19.8 Å². The monoisotopic (exact) mass is 335 g/mol. The van der Waals surface area contributed by atoms with Crippen LogP contribution in [0.1, 0.15) is 60.3 Å². The van der Waals surface area contributed by atoms with Crippen LogP contribution in [0.5, 0.6) is 0 Å². The second-order valence-corrected chi connectivity index (χ2v) is 7.36. The maximum atomic E-state index is 13.0. The molecule has 0 aliphatic heterocycles. The Labute approximate surface area is 134 Å². The summed E-state index contributed by atoms with van der Waals surface area (Å²) in [6, 6.07) is 0. The van der Waals surface area contributed by atoms with E-state index in [4.69, 9.17) is 13.8 Å². The van der Waals surface area contributed by atoms with Gasteiger partial charge in [0.1, 0.15) is 5.66 Å². The lowest BCUT2D eigenvalue weighted by molar-refractivity contribution is -0.115. The van der Waals surface area contributed by atoms with Gasteiger partial charge in [-0.1, -0.05) is 26.7 Å². The molecular formula is C15H30NO5P. The number of carbonyl (C=O) groups excluding carboxylic acids is 1. The topological polar surface area (TPSA) is 74.2 Å². The Balaban J connectivity index is 5.15. The molecule has 0 N–H and O–H groups in total. The van der Waals surface area contributed by atoms with Crippen LogP contribution in [0.25, 0.3) is 0 Å². The number of carbonyl (C=O) groups is 1. The number of unbranched alkanes of at least 4 members (excludes halogenated alkanes) is 2. The molecule has 0 spiro atoms. The van der Waals surface area contributed by atoms with E-state index in [9.17, 15) is 9.36 Å². The summed E-state index contributed by atoms with van der Waals surface area (Å²) in [5.74, 6) is -0.282. The number of aliphatic imine (C=N–C) groups is 1. The fraction of sp³-hybridized carbons (Fsp3) is 0.867. The van der Waals surface area contributed by atoms with Crippen molar-refractivity contribution in [3.63, 3.8) is 0 Å². The summed E-state index contributed by atoms with van der Waals surface area (Å²) < 4.78 is 29.5. The van der Waals surface area contributed by atoms with Crippen molar-refractivity contribution in [2.75, 3.05) is 19.8 Å². The van der Waals surface area contributed by atoms with Crippen molar-refractivity contribution in [1.82, 2.24) is 0 Å². The van der Waals surface area contributed by atoms with Gasteiger partial charge in [-0.2, -0.15) is 4.99 Å². The first-order valence-corrected chi connectivity index (χ1v) is 9.63. The van der Waals surface area contributed by atoms with Gasteiger partial charge < -0.3 is 13.8 Å². The molecule has 0 bridgehead atoms. The number of rotatable bonds is 11. The van der Waals surface area contributed by atoms with Gasteiger partial charge in [-0.25, -0.2) is 0 Å². The average molecular weight is 335 g/mol. The van der Waals surface area contributed by atoms with Crippen molar-refractivity contribution in [3.05, 3.63) is 0 Å². The third kappa shape index (κ3) is 8.06. The molecule has 0 saturated heterocycles. The number of nitrogens with zero attached hydrogens (tertiary/aromatic N) is 1. The molecule has 0 radical (unpaired) electrons. The highest BCUT2D eigenvalue weighted by molar-refractivity contribution is 7.55. The van der Waals surface area contributed by atoms with Gasteiger partial charge in [-0.3, -0.25) is 9.36 Å². The van der Waals surface area contributed by atoms with Gasteiger partial charge in [0.2, 0.25) is 11.8 Å². The lowest BCUT2D eigenvalue weighted by Crippen LogP contribution is -2.24. The molecule has 0 aromatic rings. The van der Waals surface area contributed by atoms with Gasteiger partial charge in [0.25, 0.3) is 0 Å². The molecule has 0 aromatic carbocycles. The second kappa shape index (κ2) is 11.8. The molecule has 22 heavy (non-hydrogen) atoms. The van der Waals surface area contributed by atoms with Crippen molar-refractivity contribution in [3.8, 4) is 0 Å². The fourth-order valence-electron chi connectivity index (χ4n) is 1.62. The Morgan fingerprint density at radius 1 is 1.09 bits per heavy atom. The molecule has 0 rings (SSSR count). The third-order valence-electron chi connectivity index (χ3n) is 2.93. The van der Waals surface area contributed by atoms with E-state index >= 15 is 0 Å². The lowest BCUT2D eigenvalue weighted by Gasteiger charge is -2.25. The molecule has 0 aromatic heterocycles. The summed E-state index contributed by atoms with van der Waals surface area (Å²) in [6.07, 6.45) is 3.45. The largest absolute Gasteiger partial charge is 0.480 e. The van der Waals surface area contributed by atoms with Gasteiger partial charge in [0.05, 0.1) is 19.8 Å². The molecule has 130 valence electrons. The number of hydrogen-bond acceptors (Lipinski definition) is 5. The van der Waals surface area contributed by atoms with E-state index in [0.717, 1.165) is 25.7 Å². The predicted molar refractivity (Wildman–Crippen MR) is 88.5 cm³/mol. The summed E-state index contributed by atoms with van der Waals surface area (Å²) in [5, 5.41) is 0. The molecule has 7 heteroatoms. The van der Waals surface area contributed by atoms with E-state index in [-0.39, 0.29) is 5.90 Å². The minimum absolute atomic E-state index is 0.117. The van der Waals surface area contributed by atoms with Crippen LogP contribution < -0.4 is 0 Å². The fourth-order valence-corrected chi connectivity index (χ4v) is 3.31. The normalized spacial score (nSPS) is 14.0. The molecule has 1 unspecified atom stereocenters. The highest BCUT2D eigenvalue weighted by Gasteiger charge is 2.37. The molecule has 0 aliphatic rings. The first kappa shape index (κ1) is 21.3. The minimum Gasteiger partial charge on any atom is -0.480 e. The van der Waals surface area contributed by atoms with Crippen molar-refractivity contribution in [2.24, 2.45) is 4.99 Å². The number of ether oxygens (including phenoxy) is 1. The Kier molecular flexibility index (Phi) is 11.4.